The average molecular weight is 284 g/mol. The third kappa shape index (κ3) is 1.78. The van der Waals surface area contributed by atoms with E-state index in [0.717, 1.165) is 0 Å². The average Bonchev–Trinajstić information content (AvgIpc) is 2.48. The number of aromatic hydroxyl groups is 1. The van der Waals surface area contributed by atoms with Gasteiger partial charge >= 0.3 is 0 Å². The van der Waals surface area contributed by atoms with E-state index in [1.807, 2.05) is 0 Å². The summed E-state index contributed by atoms with van der Waals surface area (Å²) in [6, 6.07) is 4.72. The summed E-state index contributed by atoms with van der Waals surface area (Å²) in [6.45, 7) is 0. The van der Waals surface area contributed by atoms with Gasteiger partial charge in [-0.05, 0) is 29.7 Å². The van der Waals surface area contributed by atoms with Gasteiger partial charge < -0.3 is 14.6 Å². The van der Waals surface area contributed by atoms with Crippen molar-refractivity contribution in [3.8, 4) is 17.2 Å². The Morgan fingerprint density at radius 2 is 1.62 bits per heavy atom. The Balaban J connectivity index is 2.52. The molecule has 0 aliphatic heterocycles. The molecular formula is C16H12O5. The second kappa shape index (κ2) is 4.63. The highest BCUT2D eigenvalue weighted by atomic mass is 16.5. The summed E-state index contributed by atoms with van der Waals surface area (Å²) in [6.07, 6.45) is 2.49. The Morgan fingerprint density at radius 1 is 0.952 bits per heavy atom. The zero-order chi connectivity index (χ0) is 15.1. The Bertz CT molecular complexity index is 817. The Morgan fingerprint density at radius 3 is 2.29 bits per heavy atom. The number of carbonyl (C=O) groups is 2. The molecule has 21 heavy (non-hydrogen) atoms. The molecule has 0 bridgehead atoms. The number of benzene rings is 2. The third-order valence-corrected chi connectivity index (χ3v) is 3.50. The summed E-state index contributed by atoms with van der Waals surface area (Å²) in [7, 11) is 2.81. The molecule has 0 spiro atoms. The standard InChI is InChI=1S/C16H12O5/c1-20-15-12(19)7-8-3-4-9-10(17)5-6-11(18)14(9)13(8)16(15)21-2/h3-7,19H,1-2H3. The van der Waals surface area contributed by atoms with Crippen molar-refractivity contribution in [3.05, 3.63) is 41.5 Å². The molecule has 0 saturated carbocycles. The van der Waals surface area contributed by atoms with Gasteiger partial charge in [0.1, 0.15) is 0 Å². The highest BCUT2D eigenvalue weighted by Crippen LogP contribution is 2.45. The Labute approximate surface area is 120 Å². The van der Waals surface area contributed by atoms with Crippen LogP contribution >= 0.6 is 0 Å². The number of hydrogen-bond donors (Lipinski definition) is 1. The van der Waals surface area contributed by atoms with Crippen molar-refractivity contribution in [2.75, 3.05) is 14.2 Å². The molecule has 106 valence electrons. The summed E-state index contributed by atoms with van der Waals surface area (Å²) in [5, 5.41) is 11.0. The topological polar surface area (TPSA) is 72.8 Å². The van der Waals surface area contributed by atoms with Crippen molar-refractivity contribution in [1.82, 2.24) is 0 Å². The number of methoxy groups -OCH3 is 2. The van der Waals surface area contributed by atoms with Crippen molar-refractivity contribution < 1.29 is 24.2 Å². The SMILES string of the molecule is COc1c(O)cc2ccc3c(c2c1OC)C(=O)C=CC3=O. The van der Waals surface area contributed by atoms with Crippen molar-refractivity contribution in [3.63, 3.8) is 0 Å². The molecule has 0 radical (unpaired) electrons. The van der Waals surface area contributed by atoms with Crippen LogP contribution in [0.15, 0.2) is 30.4 Å². The van der Waals surface area contributed by atoms with E-state index in [1.54, 1.807) is 12.1 Å². The molecule has 0 heterocycles. The monoisotopic (exact) mass is 284 g/mol. The van der Waals surface area contributed by atoms with E-state index < -0.39 is 0 Å². The summed E-state index contributed by atoms with van der Waals surface area (Å²) in [5.74, 6) is -0.234. The fourth-order valence-electron chi connectivity index (χ4n) is 2.60. The zero-order valence-electron chi connectivity index (χ0n) is 11.5. The van der Waals surface area contributed by atoms with E-state index in [0.29, 0.717) is 16.3 Å². The van der Waals surface area contributed by atoms with Crippen LogP contribution in [0, 0.1) is 0 Å². The molecule has 0 saturated heterocycles. The number of fused-ring (bicyclic) bond motifs is 3. The van der Waals surface area contributed by atoms with E-state index >= 15 is 0 Å². The highest BCUT2D eigenvalue weighted by molar-refractivity contribution is 6.27. The van der Waals surface area contributed by atoms with Gasteiger partial charge in [0.15, 0.2) is 23.1 Å². The first kappa shape index (κ1) is 13.2. The van der Waals surface area contributed by atoms with Crippen LogP contribution in [0.2, 0.25) is 0 Å². The van der Waals surface area contributed by atoms with E-state index in [9.17, 15) is 14.7 Å². The van der Waals surface area contributed by atoms with E-state index in [2.05, 4.69) is 0 Å². The molecule has 5 heteroatoms. The summed E-state index contributed by atoms with van der Waals surface area (Å²) < 4.78 is 10.4. The Kier molecular flexibility index (Phi) is 2.90. The number of ketones is 2. The minimum absolute atomic E-state index is 0.0908. The lowest BCUT2D eigenvalue weighted by molar-refractivity contribution is 0.0995. The van der Waals surface area contributed by atoms with Gasteiger partial charge in [-0.3, -0.25) is 9.59 Å². The molecule has 0 amide bonds. The first-order chi connectivity index (χ1) is 10.1. The molecular weight excluding hydrogens is 272 g/mol. The lowest BCUT2D eigenvalue weighted by Gasteiger charge is -2.17. The van der Waals surface area contributed by atoms with Crippen LogP contribution in [0.3, 0.4) is 0 Å². The van der Waals surface area contributed by atoms with Crippen molar-refractivity contribution in [2.24, 2.45) is 0 Å². The molecule has 2 aromatic carbocycles. The molecule has 1 aliphatic carbocycles. The van der Waals surface area contributed by atoms with Gasteiger partial charge in [0.25, 0.3) is 0 Å². The van der Waals surface area contributed by atoms with Gasteiger partial charge in [0.2, 0.25) is 5.75 Å². The van der Waals surface area contributed by atoms with E-state index in [1.165, 1.54) is 32.4 Å². The lowest BCUT2D eigenvalue weighted by Crippen LogP contribution is -2.12. The fraction of sp³-hybridized carbons (Fsp3) is 0.125. The first-order valence-electron chi connectivity index (χ1n) is 6.26. The molecule has 5 nitrogen and oxygen atoms in total. The second-order valence-corrected chi connectivity index (χ2v) is 4.61. The maximum atomic E-state index is 12.2. The molecule has 3 rings (SSSR count). The lowest BCUT2D eigenvalue weighted by atomic mass is 9.89. The minimum atomic E-state index is -0.277. The van der Waals surface area contributed by atoms with E-state index in [4.69, 9.17) is 9.47 Å². The van der Waals surface area contributed by atoms with E-state index in [-0.39, 0.29) is 34.4 Å². The summed E-state index contributed by atoms with van der Waals surface area (Å²) in [5.41, 5.74) is 0.594. The van der Waals surface area contributed by atoms with Gasteiger partial charge in [-0.15, -0.1) is 0 Å². The molecule has 0 aromatic heterocycles. The number of phenols is 1. The van der Waals surface area contributed by atoms with Gasteiger partial charge in [-0.1, -0.05) is 6.07 Å². The van der Waals surface area contributed by atoms with Crippen LogP contribution in [-0.4, -0.2) is 30.9 Å². The molecule has 2 aromatic rings. The van der Waals surface area contributed by atoms with Crippen molar-refractivity contribution >= 4 is 22.3 Å². The van der Waals surface area contributed by atoms with Gasteiger partial charge in [0.05, 0.1) is 14.2 Å². The smallest absolute Gasteiger partial charge is 0.203 e. The second-order valence-electron chi connectivity index (χ2n) is 4.61. The Hall–Kier alpha value is -2.82. The number of carbonyl (C=O) groups excluding carboxylic acids is 2. The van der Waals surface area contributed by atoms with Crippen LogP contribution in [0.25, 0.3) is 10.8 Å². The van der Waals surface area contributed by atoms with Crippen LogP contribution in [0.4, 0.5) is 0 Å². The molecule has 1 N–H and O–H groups in total. The molecule has 0 fully saturated rings. The van der Waals surface area contributed by atoms with Crippen LogP contribution in [0.1, 0.15) is 20.7 Å². The number of phenolic OH excluding ortho intramolecular Hbond substituents is 1. The maximum absolute atomic E-state index is 12.2. The molecule has 0 unspecified atom stereocenters. The van der Waals surface area contributed by atoms with Gasteiger partial charge in [-0.2, -0.15) is 0 Å². The fourth-order valence-corrected chi connectivity index (χ4v) is 2.60. The normalized spacial score (nSPS) is 13.4. The van der Waals surface area contributed by atoms with Crippen LogP contribution in [0.5, 0.6) is 17.2 Å². The third-order valence-electron chi connectivity index (χ3n) is 3.50. The highest BCUT2D eigenvalue weighted by Gasteiger charge is 2.26. The number of hydrogen-bond acceptors (Lipinski definition) is 5. The number of rotatable bonds is 2. The van der Waals surface area contributed by atoms with Crippen molar-refractivity contribution in [2.45, 2.75) is 0 Å². The summed E-state index contributed by atoms with van der Waals surface area (Å²) in [4.78, 5) is 24.1. The zero-order valence-corrected chi connectivity index (χ0v) is 11.5. The number of allylic oxidation sites excluding steroid dienone is 2. The van der Waals surface area contributed by atoms with Gasteiger partial charge in [-0.25, -0.2) is 0 Å². The molecule has 1 aliphatic rings. The first-order valence-corrected chi connectivity index (χ1v) is 6.26. The quantitative estimate of drug-likeness (QED) is 0.917. The van der Waals surface area contributed by atoms with Crippen LogP contribution < -0.4 is 9.47 Å². The maximum Gasteiger partial charge on any atom is 0.203 e. The van der Waals surface area contributed by atoms with Crippen molar-refractivity contribution in [1.29, 1.82) is 0 Å². The predicted octanol–water partition coefficient (Wildman–Crippen LogP) is 2.50. The predicted molar refractivity (Wildman–Crippen MR) is 76.5 cm³/mol. The van der Waals surface area contributed by atoms with Crippen LogP contribution in [-0.2, 0) is 0 Å². The van der Waals surface area contributed by atoms with Gasteiger partial charge in [0, 0.05) is 16.5 Å². The molecule has 0 atom stereocenters. The minimum Gasteiger partial charge on any atom is -0.504 e. The summed E-state index contributed by atoms with van der Waals surface area (Å²) >= 11 is 0. The largest absolute Gasteiger partial charge is 0.504 e. The number of ether oxygens (including phenoxy) is 2.